The van der Waals surface area contributed by atoms with Crippen molar-refractivity contribution in [3.8, 4) is 0 Å². The second kappa shape index (κ2) is 7.14. The standard InChI is InChI=1S/C16H28N2O3/c1-2-16(9-5-6-10-16)12-17-15(21)18(11-14(19)20)13-7-3-4-8-13/h13H,2-12H2,1H3,(H,17,21)(H,19,20). The number of carbonyl (C=O) groups excluding carboxylic acids is 1. The Bertz CT molecular complexity index is 372. The Morgan fingerprint density at radius 1 is 1.19 bits per heavy atom. The Morgan fingerprint density at radius 2 is 1.81 bits per heavy atom. The minimum atomic E-state index is -0.928. The highest BCUT2D eigenvalue weighted by molar-refractivity contribution is 5.80. The predicted octanol–water partition coefficient (Wildman–Crippen LogP) is 3.00. The third-order valence-corrected chi connectivity index (χ3v) is 5.36. The zero-order valence-corrected chi connectivity index (χ0v) is 13.1. The highest BCUT2D eigenvalue weighted by Crippen LogP contribution is 2.40. The van der Waals surface area contributed by atoms with Gasteiger partial charge >= 0.3 is 12.0 Å². The fourth-order valence-electron chi connectivity index (χ4n) is 3.87. The number of hydrogen-bond acceptors (Lipinski definition) is 2. The number of carboxylic acid groups (broad SMARTS) is 1. The van der Waals surface area contributed by atoms with E-state index in [0.717, 1.165) is 32.1 Å². The van der Waals surface area contributed by atoms with Gasteiger partial charge in [-0.3, -0.25) is 4.79 Å². The molecule has 21 heavy (non-hydrogen) atoms. The summed E-state index contributed by atoms with van der Waals surface area (Å²) in [5.74, 6) is -0.928. The largest absolute Gasteiger partial charge is 0.480 e. The maximum Gasteiger partial charge on any atom is 0.323 e. The Hall–Kier alpha value is -1.26. The summed E-state index contributed by atoms with van der Waals surface area (Å²) in [6, 6.07) is -0.0914. The summed E-state index contributed by atoms with van der Waals surface area (Å²) >= 11 is 0. The molecule has 0 saturated heterocycles. The smallest absolute Gasteiger partial charge is 0.323 e. The molecule has 0 heterocycles. The molecule has 0 aliphatic heterocycles. The molecule has 120 valence electrons. The van der Waals surface area contributed by atoms with E-state index in [4.69, 9.17) is 5.11 Å². The molecule has 2 N–H and O–H groups in total. The number of nitrogens with one attached hydrogen (secondary N) is 1. The number of nitrogens with zero attached hydrogens (tertiary/aromatic N) is 1. The van der Waals surface area contributed by atoms with Crippen LogP contribution in [0.4, 0.5) is 4.79 Å². The molecule has 2 amide bonds. The van der Waals surface area contributed by atoms with Crippen molar-refractivity contribution < 1.29 is 14.7 Å². The van der Waals surface area contributed by atoms with Crippen LogP contribution >= 0.6 is 0 Å². The first-order valence-corrected chi connectivity index (χ1v) is 8.32. The molecule has 0 unspecified atom stereocenters. The van der Waals surface area contributed by atoms with Gasteiger partial charge in [-0.25, -0.2) is 4.79 Å². The zero-order valence-electron chi connectivity index (χ0n) is 13.1. The maximum absolute atomic E-state index is 12.4. The van der Waals surface area contributed by atoms with Crippen molar-refractivity contribution in [1.82, 2.24) is 10.2 Å². The van der Waals surface area contributed by atoms with Gasteiger partial charge in [-0.1, -0.05) is 32.6 Å². The molecule has 2 fully saturated rings. The van der Waals surface area contributed by atoms with Crippen molar-refractivity contribution in [2.75, 3.05) is 13.1 Å². The molecule has 2 aliphatic rings. The van der Waals surface area contributed by atoms with Crippen LogP contribution in [0.15, 0.2) is 0 Å². The Kier molecular flexibility index (Phi) is 5.48. The van der Waals surface area contributed by atoms with Gasteiger partial charge in [-0.15, -0.1) is 0 Å². The van der Waals surface area contributed by atoms with E-state index in [-0.39, 0.29) is 24.0 Å². The van der Waals surface area contributed by atoms with E-state index >= 15 is 0 Å². The first-order chi connectivity index (χ1) is 10.1. The van der Waals surface area contributed by atoms with Crippen LogP contribution in [0.3, 0.4) is 0 Å². The summed E-state index contributed by atoms with van der Waals surface area (Å²) in [5, 5.41) is 12.1. The quantitative estimate of drug-likeness (QED) is 0.791. The molecular formula is C16H28N2O3. The van der Waals surface area contributed by atoms with Gasteiger partial charge in [0.15, 0.2) is 0 Å². The highest BCUT2D eigenvalue weighted by atomic mass is 16.4. The normalized spacial score (nSPS) is 21.4. The number of carbonyl (C=O) groups is 2. The van der Waals surface area contributed by atoms with Crippen molar-refractivity contribution in [3.05, 3.63) is 0 Å². The van der Waals surface area contributed by atoms with Gasteiger partial charge in [0.25, 0.3) is 0 Å². The number of aliphatic carboxylic acids is 1. The number of carboxylic acids is 1. The fraction of sp³-hybridized carbons (Fsp3) is 0.875. The molecule has 0 aromatic heterocycles. The lowest BCUT2D eigenvalue weighted by molar-refractivity contribution is -0.138. The first kappa shape index (κ1) is 16.1. The molecule has 0 aromatic carbocycles. The van der Waals surface area contributed by atoms with Gasteiger partial charge < -0.3 is 15.3 Å². The average molecular weight is 296 g/mol. The van der Waals surface area contributed by atoms with Gasteiger partial charge in [0.05, 0.1) is 0 Å². The molecular weight excluding hydrogens is 268 g/mol. The molecule has 5 heteroatoms. The summed E-state index contributed by atoms with van der Waals surface area (Å²) in [6.07, 6.45) is 9.95. The van der Waals surface area contributed by atoms with Crippen LogP contribution in [0, 0.1) is 5.41 Å². The third kappa shape index (κ3) is 4.11. The lowest BCUT2D eigenvalue weighted by Crippen LogP contribution is -2.49. The van der Waals surface area contributed by atoms with Gasteiger partial charge in [-0.2, -0.15) is 0 Å². The maximum atomic E-state index is 12.4. The summed E-state index contributed by atoms with van der Waals surface area (Å²) in [6.45, 7) is 2.68. The van der Waals surface area contributed by atoms with Crippen LogP contribution in [-0.2, 0) is 4.79 Å². The molecule has 0 bridgehead atoms. The molecule has 2 rings (SSSR count). The van der Waals surface area contributed by atoms with E-state index < -0.39 is 5.97 Å². The topological polar surface area (TPSA) is 69.6 Å². The zero-order chi connectivity index (χ0) is 15.3. The van der Waals surface area contributed by atoms with E-state index in [1.165, 1.54) is 30.6 Å². The van der Waals surface area contributed by atoms with E-state index in [2.05, 4.69) is 12.2 Å². The Labute approximate surface area is 127 Å². The molecule has 2 saturated carbocycles. The van der Waals surface area contributed by atoms with Crippen LogP contribution < -0.4 is 5.32 Å². The number of urea groups is 1. The SMILES string of the molecule is CCC1(CNC(=O)N(CC(=O)O)C2CCCC2)CCCC1. The third-order valence-electron chi connectivity index (χ3n) is 5.36. The van der Waals surface area contributed by atoms with E-state index in [0.29, 0.717) is 6.54 Å². The molecule has 0 radical (unpaired) electrons. The Balaban J connectivity index is 1.92. The predicted molar refractivity (Wildman–Crippen MR) is 81.2 cm³/mol. The summed E-state index contributed by atoms with van der Waals surface area (Å²) in [4.78, 5) is 25.0. The van der Waals surface area contributed by atoms with E-state index in [1.54, 1.807) is 0 Å². The highest BCUT2D eigenvalue weighted by Gasteiger charge is 2.34. The number of rotatable bonds is 6. The fourth-order valence-corrected chi connectivity index (χ4v) is 3.87. The summed E-state index contributed by atoms with van der Waals surface area (Å²) < 4.78 is 0. The molecule has 0 aromatic rings. The number of amides is 2. The average Bonchev–Trinajstić information content (AvgIpc) is 3.14. The first-order valence-electron chi connectivity index (χ1n) is 8.32. The van der Waals surface area contributed by atoms with Crippen LogP contribution in [0.25, 0.3) is 0 Å². The van der Waals surface area contributed by atoms with Crippen molar-refractivity contribution in [2.24, 2.45) is 5.41 Å². The molecule has 0 spiro atoms. The van der Waals surface area contributed by atoms with Crippen LogP contribution in [0.1, 0.15) is 64.7 Å². The van der Waals surface area contributed by atoms with Gasteiger partial charge in [0.2, 0.25) is 0 Å². The van der Waals surface area contributed by atoms with Gasteiger partial charge in [0.1, 0.15) is 6.54 Å². The van der Waals surface area contributed by atoms with Crippen LogP contribution in [0.5, 0.6) is 0 Å². The minimum absolute atomic E-state index is 0.0993. The molecule has 2 aliphatic carbocycles. The lowest BCUT2D eigenvalue weighted by Gasteiger charge is -2.32. The van der Waals surface area contributed by atoms with Gasteiger partial charge in [0, 0.05) is 12.6 Å². The van der Waals surface area contributed by atoms with Crippen molar-refractivity contribution in [3.63, 3.8) is 0 Å². The summed E-state index contributed by atoms with van der Waals surface area (Å²) in [7, 11) is 0. The molecule has 5 nitrogen and oxygen atoms in total. The lowest BCUT2D eigenvalue weighted by atomic mass is 9.83. The van der Waals surface area contributed by atoms with Crippen molar-refractivity contribution in [2.45, 2.75) is 70.8 Å². The second-order valence-electron chi connectivity index (χ2n) is 6.68. The molecule has 0 atom stereocenters. The monoisotopic (exact) mass is 296 g/mol. The van der Waals surface area contributed by atoms with Gasteiger partial charge in [-0.05, 0) is 37.5 Å². The van der Waals surface area contributed by atoms with Crippen molar-refractivity contribution >= 4 is 12.0 Å². The van der Waals surface area contributed by atoms with E-state index in [9.17, 15) is 9.59 Å². The summed E-state index contributed by atoms with van der Waals surface area (Å²) in [5.41, 5.74) is 0.236. The van der Waals surface area contributed by atoms with E-state index in [1.807, 2.05) is 0 Å². The van der Waals surface area contributed by atoms with Crippen LogP contribution in [-0.4, -0.2) is 41.1 Å². The minimum Gasteiger partial charge on any atom is -0.480 e. The Morgan fingerprint density at radius 3 is 2.33 bits per heavy atom. The number of hydrogen-bond donors (Lipinski definition) is 2. The second-order valence-corrected chi connectivity index (χ2v) is 6.68. The van der Waals surface area contributed by atoms with Crippen molar-refractivity contribution in [1.29, 1.82) is 0 Å². The van der Waals surface area contributed by atoms with Crippen LogP contribution in [0.2, 0.25) is 0 Å².